The van der Waals surface area contributed by atoms with Crippen LogP contribution in [0.25, 0.3) is 10.9 Å². The Morgan fingerprint density at radius 1 is 1.22 bits per heavy atom. The molecule has 23 heavy (non-hydrogen) atoms. The number of hydrogen-bond donors (Lipinski definition) is 1. The highest BCUT2D eigenvalue weighted by Crippen LogP contribution is 2.26. The quantitative estimate of drug-likeness (QED) is 0.899. The van der Waals surface area contributed by atoms with E-state index in [1.807, 2.05) is 41.3 Å². The summed E-state index contributed by atoms with van der Waals surface area (Å²) >= 11 is 0. The van der Waals surface area contributed by atoms with Crippen LogP contribution in [0.3, 0.4) is 0 Å². The summed E-state index contributed by atoms with van der Waals surface area (Å²) < 4.78 is 25.3. The van der Waals surface area contributed by atoms with Gasteiger partial charge in [0.25, 0.3) is 0 Å². The molecular weight excluding hydrogens is 314 g/mol. The van der Waals surface area contributed by atoms with Gasteiger partial charge in [-0.1, -0.05) is 18.2 Å². The third kappa shape index (κ3) is 3.31. The van der Waals surface area contributed by atoms with E-state index in [-0.39, 0.29) is 11.7 Å². The Morgan fingerprint density at radius 2 is 1.96 bits per heavy atom. The second-order valence-electron chi connectivity index (χ2n) is 6.16. The van der Waals surface area contributed by atoms with Gasteiger partial charge in [0, 0.05) is 38.5 Å². The van der Waals surface area contributed by atoms with Crippen LogP contribution in [0.4, 0.5) is 5.82 Å². The van der Waals surface area contributed by atoms with Gasteiger partial charge < -0.3 is 10.0 Å². The smallest absolute Gasteiger partial charge is 0.214 e. The van der Waals surface area contributed by atoms with Crippen LogP contribution >= 0.6 is 0 Å². The maximum Gasteiger partial charge on any atom is 0.214 e. The number of hydrogen-bond acceptors (Lipinski definition) is 5. The molecule has 0 unspecified atom stereocenters. The van der Waals surface area contributed by atoms with Crippen molar-refractivity contribution in [3.63, 3.8) is 0 Å². The monoisotopic (exact) mass is 335 g/mol. The predicted molar refractivity (Wildman–Crippen MR) is 90.9 cm³/mol. The summed E-state index contributed by atoms with van der Waals surface area (Å²) in [5.41, 5.74) is 0.892. The number of β-amino-alcohol motifs (C(OH)–C–C–N with tert-alkyl or cyclic N) is 1. The van der Waals surface area contributed by atoms with E-state index in [0.717, 1.165) is 16.7 Å². The standard InChI is InChI=1S/C16H21N3O3S/c1-18(2)23(21,22)11-13-9-19(10-15(13)20)16-8-7-12-5-3-4-6-14(12)17-16/h3-8,13,15,20H,9-11H2,1-2H3/t13-,15+/m0/s1. The number of sulfonamides is 1. The van der Waals surface area contributed by atoms with Crippen molar-refractivity contribution in [3.05, 3.63) is 36.4 Å². The van der Waals surface area contributed by atoms with Gasteiger partial charge in [0.2, 0.25) is 10.0 Å². The van der Waals surface area contributed by atoms with Gasteiger partial charge in [-0.15, -0.1) is 0 Å². The van der Waals surface area contributed by atoms with Gasteiger partial charge in [-0.05, 0) is 18.2 Å². The predicted octanol–water partition coefficient (Wildman–Crippen LogP) is 0.923. The summed E-state index contributed by atoms with van der Waals surface area (Å²) in [7, 11) is -0.302. The van der Waals surface area contributed by atoms with Gasteiger partial charge in [-0.2, -0.15) is 0 Å². The van der Waals surface area contributed by atoms with E-state index in [9.17, 15) is 13.5 Å². The van der Waals surface area contributed by atoms with Crippen LogP contribution in [-0.4, -0.2) is 61.9 Å². The average molecular weight is 335 g/mol. The molecule has 0 bridgehead atoms. The number of aliphatic hydroxyl groups is 1. The molecule has 1 aromatic heterocycles. The minimum absolute atomic E-state index is 0.0503. The molecule has 1 N–H and O–H groups in total. The topological polar surface area (TPSA) is 73.7 Å². The van der Waals surface area contributed by atoms with Crippen LogP contribution in [0, 0.1) is 5.92 Å². The minimum Gasteiger partial charge on any atom is -0.391 e. The average Bonchev–Trinajstić information content (AvgIpc) is 2.87. The number of aliphatic hydroxyl groups excluding tert-OH is 1. The molecule has 0 amide bonds. The zero-order chi connectivity index (χ0) is 16.6. The van der Waals surface area contributed by atoms with E-state index in [1.54, 1.807) is 0 Å². The van der Waals surface area contributed by atoms with Gasteiger partial charge in [0.15, 0.2) is 0 Å². The zero-order valence-electron chi connectivity index (χ0n) is 13.3. The molecular formula is C16H21N3O3S. The van der Waals surface area contributed by atoms with Crippen LogP contribution in [0.1, 0.15) is 0 Å². The fourth-order valence-corrected chi connectivity index (χ4v) is 4.02. The Balaban J connectivity index is 1.79. The van der Waals surface area contributed by atoms with Crippen molar-refractivity contribution in [1.29, 1.82) is 0 Å². The van der Waals surface area contributed by atoms with Gasteiger partial charge in [0.1, 0.15) is 5.82 Å². The highest BCUT2D eigenvalue weighted by Gasteiger charge is 2.35. The lowest BCUT2D eigenvalue weighted by Gasteiger charge is -2.18. The third-order valence-electron chi connectivity index (χ3n) is 4.30. The van der Waals surface area contributed by atoms with Crippen LogP contribution in [0.15, 0.2) is 36.4 Å². The first-order valence-electron chi connectivity index (χ1n) is 7.56. The van der Waals surface area contributed by atoms with Crippen molar-refractivity contribution < 1.29 is 13.5 Å². The molecule has 0 radical (unpaired) electrons. The van der Waals surface area contributed by atoms with Crippen molar-refractivity contribution in [2.24, 2.45) is 5.92 Å². The maximum absolute atomic E-state index is 12.0. The number of anilines is 1. The zero-order valence-corrected chi connectivity index (χ0v) is 14.1. The Hall–Kier alpha value is -1.70. The van der Waals surface area contributed by atoms with Crippen molar-refractivity contribution in [1.82, 2.24) is 9.29 Å². The molecule has 2 heterocycles. The maximum atomic E-state index is 12.0. The van der Waals surface area contributed by atoms with Gasteiger partial charge >= 0.3 is 0 Å². The fourth-order valence-electron chi connectivity index (χ4n) is 2.86. The van der Waals surface area contributed by atoms with Crippen molar-refractivity contribution in [2.45, 2.75) is 6.10 Å². The molecule has 0 saturated carbocycles. The number of aromatic nitrogens is 1. The Morgan fingerprint density at radius 3 is 2.70 bits per heavy atom. The lowest BCUT2D eigenvalue weighted by Crippen LogP contribution is -2.33. The molecule has 1 fully saturated rings. The second-order valence-corrected chi connectivity index (χ2v) is 8.38. The highest BCUT2D eigenvalue weighted by atomic mass is 32.2. The number of fused-ring (bicyclic) bond motifs is 1. The van der Waals surface area contributed by atoms with E-state index in [2.05, 4.69) is 4.98 Å². The lowest BCUT2D eigenvalue weighted by atomic mass is 10.1. The molecule has 1 saturated heterocycles. The van der Waals surface area contributed by atoms with Crippen molar-refractivity contribution in [3.8, 4) is 0 Å². The number of para-hydroxylation sites is 1. The third-order valence-corrected chi connectivity index (χ3v) is 6.26. The normalized spacial score (nSPS) is 22.2. The van der Waals surface area contributed by atoms with E-state index in [0.29, 0.717) is 13.1 Å². The first-order chi connectivity index (χ1) is 10.9. The van der Waals surface area contributed by atoms with Crippen LogP contribution in [-0.2, 0) is 10.0 Å². The summed E-state index contributed by atoms with van der Waals surface area (Å²) in [6.07, 6.45) is -0.669. The van der Waals surface area contributed by atoms with E-state index in [1.165, 1.54) is 18.4 Å². The summed E-state index contributed by atoms with van der Waals surface area (Å²) in [4.78, 5) is 6.56. The second kappa shape index (κ2) is 6.07. The molecule has 2 atom stereocenters. The molecule has 3 rings (SSSR count). The number of rotatable bonds is 4. The van der Waals surface area contributed by atoms with Gasteiger partial charge in [-0.3, -0.25) is 0 Å². The van der Waals surface area contributed by atoms with Gasteiger partial charge in [0.05, 0.1) is 17.4 Å². The van der Waals surface area contributed by atoms with Crippen molar-refractivity contribution >= 4 is 26.7 Å². The summed E-state index contributed by atoms with van der Waals surface area (Å²) in [5.74, 6) is 0.411. The Kier molecular flexibility index (Phi) is 4.27. The molecule has 0 aliphatic carbocycles. The van der Waals surface area contributed by atoms with E-state index < -0.39 is 16.1 Å². The molecule has 1 aliphatic heterocycles. The fraction of sp³-hybridized carbons (Fsp3) is 0.438. The molecule has 7 heteroatoms. The van der Waals surface area contributed by atoms with E-state index in [4.69, 9.17) is 0 Å². The van der Waals surface area contributed by atoms with Crippen LogP contribution in [0.5, 0.6) is 0 Å². The Labute approximate surface area is 136 Å². The highest BCUT2D eigenvalue weighted by molar-refractivity contribution is 7.89. The molecule has 6 nitrogen and oxygen atoms in total. The van der Waals surface area contributed by atoms with Crippen molar-refractivity contribution in [2.75, 3.05) is 37.8 Å². The minimum atomic E-state index is -3.33. The summed E-state index contributed by atoms with van der Waals surface area (Å²) in [5, 5.41) is 11.3. The van der Waals surface area contributed by atoms with Crippen LogP contribution < -0.4 is 4.90 Å². The molecule has 1 aliphatic rings. The molecule has 2 aromatic rings. The molecule has 1 aromatic carbocycles. The molecule has 124 valence electrons. The molecule has 0 spiro atoms. The number of benzene rings is 1. The lowest BCUT2D eigenvalue weighted by molar-refractivity contribution is 0.157. The van der Waals surface area contributed by atoms with E-state index >= 15 is 0 Å². The first-order valence-corrected chi connectivity index (χ1v) is 9.17. The number of nitrogens with zero attached hydrogens (tertiary/aromatic N) is 3. The summed E-state index contributed by atoms with van der Waals surface area (Å²) in [6.45, 7) is 0.887. The van der Waals surface area contributed by atoms with Gasteiger partial charge in [-0.25, -0.2) is 17.7 Å². The number of pyridine rings is 1. The first kappa shape index (κ1) is 16.2. The summed E-state index contributed by atoms with van der Waals surface area (Å²) in [6, 6.07) is 11.7. The largest absolute Gasteiger partial charge is 0.391 e. The Bertz CT molecular complexity index is 807. The van der Waals surface area contributed by atoms with Crippen LogP contribution in [0.2, 0.25) is 0 Å². The SMILES string of the molecule is CN(C)S(=O)(=O)C[C@@H]1CN(c2ccc3ccccc3n2)C[C@H]1O.